The Labute approximate surface area is 120 Å². The van der Waals surface area contributed by atoms with Gasteiger partial charge in [-0.05, 0) is 19.4 Å². The van der Waals surface area contributed by atoms with Gasteiger partial charge in [0.15, 0.2) is 0 Å². The fourth-order valence-electron chi connectivity index (χ4n) is 1.67. The number of hydrogen-bond acceptors (Lipinski definition) is 6. The van der Waals surface area contributed by atoms with E-state index in [1.165, 1.54) is 11.3 Å². The van der Waals surface area contributed by atoms with Gasteiger partial charge in [-0.3, -0.25) is 0 Å². The third kappa shape index (κ3) is 2.50. The molecule has 0 fully saturated rings. The van der Waals surface area contributed by atoms with Gasteiger partial charge in [-0.2, -0.15) is 0 Å². The number of carbonyl (C=O) groups is 1. The number of halogens is 1. The lowest BCUT2D eigenvalue weighted by atomic mass is 10.2. The molecule has 0 aliphatic carbocycles. The van der Waals surface area contributed by atoms with Gasteiger partial charge in [0.2, 0.25) is 5.95 Å². The smallest absolute Gasteiger partial charge is 0.348 e. The molecule has 2 heterocycles. The number of thiophene rings is 1. The predicted molar refractivity (Wildman–Crippen MR) is 77.4 cm³/mol. The second kappa shape index (κ2) is 5.30. The van der Waals surface area contributed by atoms with E-state index in [0.29, 0.717) is 27.4 Å². The molecule has 5 nitrogen and oxygen atoms in total. The van der Waals surface area contributed by atoms with Gasteiger partial charge in [0, 0.05) is 14.1 Å². The summed E-state index contributed by atoms with van der Waals surface area (Å²) in [5.74, 6) is 0.180. The van der Waals surface area contributed by atoms with Crippen LogP contribution in [-0.4, -0.2) is 36.6 Å². The van der Waals surface area contributed by atoms with Crippen LogP contribution >= 0.6 is 22.9 Å². The van der Waals surface area contributed by atoms with Gasteiger partial charge in [-0.15, -0.1) is 11.3 Å². The zero-order valence-electron chi connectivity index (χ0n) is 11.2. The van der Waals surface area contributed by atoms with E-state index in [4.69, 9.17) is 16.3 Å². The molecule has 7 heteroatoms. The van der Waals surface area contributed by atoms with Crippen molar-refractivity contribution in [2.24, 2.45) is 0 Å². The first kappa shape index (κ1) is 14.0. The van der Waals surface area contributed by atoms with Crippen molar-refractivity contribution in [3.63, 3.8) is 0 Å². The molecule has 0 N–H and O–H groups in total. The number of esters is 1. The highest BCUT2D eigenvalue weighted by Crippen LogP contribution is 2.35. The monoisotopic (exact) mass is 299 g/mol. The van der Waals surface area contributed by atoms with Crippen molar-refractivity contribution in [2.75, 3.05) is 25.6 Å². The standard InChI is InChI=1S/C12H14ClN3O2S/c1-5-18-11(17)8-6(2)7-9(13)14-12(16(3)4)15-10(7)19-8/h5H2,1-4H3. The number of aryl methyl sites for hydroxylation is 1. The van der Waals surface area contributed by atoms with Crippen LogP contribution in [0.2, 0.25) is 5.15 Å². The second-order valence-electron chi connectivity index (χ2n) is 4.17. The number of rotatable bonds is 3. The summed E-state index contributed by atoms with van der Waals surface area (Å²) in [5.41, 5.74) is 0.772. The molecule has 2 aromatic heterocycles. The highest BCUT2D eigenvalue weighted by atomic mass is 35.5. The van der Waals surface area contributed by atoms with Gasteiger partial charge in [0.05, 0.1) is 12.0 Å². The van der Waals surface area contributed by atoms with Gasteiger partial charge < -0.3 is 9.64 Å². The van der Waals surface area contributed by atoms with Crippen LogP contribution < -0.4 is 4.90 Å². The van der Waals surface area contributed by atoms with E-state index < -0.39 is 0 Å². The highest BCUT2D eigenvalue weighted by Gasteiger charge is 2.20. The molecular formula is C12H14ClN3O2S. The molecule has 19 heavy (non-hydrogen) atoms. The van der Waals surface area contributed by atoms with Crippen molar-refractivity contribution < 1.29 is 9.53 Å². The number of ether oxygens (including phenoxy) is 1. The van der Waals surface area contributed by atoms with E-state index >= 15 is 0 Å². The maximum absolute atomic E-state index is 11.9. The fourth-order valence-corrected chi connectivity index (χ4v) is 3.10. The van der Waals surface area contributed by atoms with Crippen LogP contribution in [0.25, 0.3) is 10.2 Å². The zero-order chi connectivity index (χ0) is 14.2. The normalized spacial score (nSPS) is 10.8. The summed E-state index contributed by atoms with van der Waals surface area (Å²) >= 11 is 7.46. The van der Waals surface area contributed by atoms with Crippen molar-refractivity contribution in [2.45, 2.75) is 13.8 Å². The number of aromatic nitrogens is 2. The van der Waals surface area contributed by atoms with Crippen molar-refractivity contribution in [1.82, 2.24) is 9.97 Å². The summed E-state index contributed by atoms with van der Waals surface area (Å²) in [6.07, 6.45) is 0. The zero-order valence-corrected chi connectivity index (χ0v) is 12.7. The lowest BCUT2D eigenvalue weighted by Crippen LogP contribution is -2.12. The van der Waals surface area contributed by atoms with Crippen LogP contribution in [0.15, 0.2) is 0 Å². The highest BCUT2D eigenvalue weighted by molar-refractivity contribution is 7.20. The minimum absolute atomic E-state index is 0.342. The Morgan fingerprint density at radius 2 is 2.11 bits per heavy atom. The summed E-state index contributed by atoms with van der Waals surface area (Å²) < 4.78 is 5.03. The van der Waals surface area contributed by atoms with E-state index in [-0.39, 0.29) is 5.97 Å². The van der Waals surface area contributed by atoms with E-state index in [1.807, 2.05) is 21.0 Å². The third-order valence-electron chi connectivity index (χ3n) is 2.60. The maximum atomic E-state index is 11.9. The van der Waals surface area contributed by atoms with E-state index in [2.05, 4.69) is 9.97 Å². The maximum Gasteiger partial charge on any atom is 0.348 e. The lowest BCUT2D eigenvalue weighted by molar-refractivity contribution is 0.0531. The van der Waals surface area contributed by atoms with Crippen LogP contribution in [0.5, 0.6) is 0 Å². The molecule has 0 bridgehead atoms. The molecule has 2 rings (SSSR count). The Kier molecular flexibility index (Phi) is 3.91. The molecule has 0 aliphatic heterocycles. The van der Waals surface area contributed by atoms with Gasteiger partial charge >= 0.3 is 5.97 Å². The van der Waals surface area contributed by atoms with E-state index in [0.717, 1.165) is 10.9 Å². The van der Waals surface area contributed by atoms with Gasteiger partial charge in [-0.25, -0.2) is 14.8 Å². The Hall–Kier alpha value is -1.40. The summed E-state index contributed by atoms with van der Waals surface area (Å²) in [6.45, 7) is 3.95. The second-order valence-corrected chi connectivity index (χ2v) is 5.52. The minimum Gasteiger partial charge on any atom is -0.462 e. The third-order valence-corrected chi connectivity index (χ3v) is 4.03. The van der Waals surface area contributed by atoms with Crippen LogP contribution in [0.3, 0.4) is 0 Å². The van der Waals surface area contributed by atoms with Crippen LogP contribution in [-0.2, 0) is 4.74 Å². The molecule has 0 unspecified atom stereocenters. The molecule has 0 saturated heterocycles. The van der Waals surface area contributed by atoms with Crippen molar-refractivity contribution in [3.8, 4) is 0 Å². The number of anilines is 1. The van der Waals surface area contributed by atoms with E-state index in [1.54, 1.807) is 11.8 Å². The van der Waals surface area contributed by atoms with Crippen molar-refractivity contribution >= 4 is 45.1 Å². The number of nitrogens with zero attached hydrogens (tertiary/aromatic N) is 3. The van der Waals surface area contributed by atoms with Crippen molar-refractivity contribution in [3.05, 3.63) is 15.6 Å². The fraction of sp³-hybridized carbons (Fsp3) is 0.417. The number of fused-ring (bicyclic) bond motifs is 1. The Bertz CT molecular complexity index is 639. The first-order valence-corrected chi connectivity index (χ1v) is 6.96. The molecule has 0 amide bonds. The first-order chi connectivity index (χ1) is 8.95. The number of carbonyl (C=O) groups excluding carboxylic acids is 1. The Morgan fingerprint density at radius 3 is 2.68 bits per heavy atom. The summed E-state index contributed by atoms with van der Waals surface area (Å²) in [5, 5.41) is 1.08. The van der Waals surface area contributed by atoms with Crippen molar-refractivity contribution in [1.29, 1.82) is 0 Å². The molecule has 0 spiro atoms. The molecule has 0 aliphatic rings. The van der Waals surface area contributed by atoms with Crippen LogP contribution in [0, 0.1) is 6.92 Å². The summed E-state index contributed by atoms with van der Waals surface area (Å²) in [6, 6.07) is 0. The average molecular weight is 300 g/mol. The largest absolute Gasteiger partial charge is 0.462 e. The Balaban J connectivity index is 2.62. The first-order valence-electron chi connectivity index (χ1n) is 5.76. The molecule has 102 valence electrons. The van der Waals surface area contributed by atoms with Gasteiger partial charge in [0.25, 0.3) is 0 Å². The van der Waals surface area contributed by atoms with Crippen LogP contribution in [0.4, 0.5) is 5.95 Å². The molecular weight excluding hydrogens is 286 g/mol. The van der Waals surface area contributed by atoms with Gasteiger partial charge in [0.1, 0.15) is 14.9 Å². The number of hydrogen-bond donors (Lipinski definition) is 0. The quantitative estimate of drug-likeness (QED) is 0.644. The van der Waals surface area contributed by atoms with Gasteiger partial charge in [-0.1, -0.05) is 11.6 Å². The lowest BCUT2D eigenvalue weighted by Gasteiger charge is -2.09. The molecule has 0 radical (unpaired) electrons. The summed E-state index contributed by atoms with van der Waals surface area (Å²) in [7, 11) is 3.68. The molecule has 0 aromatic carbocycles. The topological polar surface area (TPSA) is 55.3 Å². The molecule has 0 atom stereocenters. The minimum atomic E-state index is -0.342. The predicted octanol–water partition coefficient (Wildman–Crippen LogP) is 2.90. The SMILES string of the molecule is CCOC(=O)c1sc2nc(N(C)C)nc(Cl)c2c1C. The van der Waals surface area contributed by atoms with Crippen LogP contribution in [0.1, 0.15) is 22.2 Å². The summed E-state index contributed by atoms with van der Waals surface area (Å²) in [4.78, 5) is 23.5. The average Bonchev–Trinajstić information content (AvgIpc) is 2.67. The Morgan fingerprint density at radius 1 is 1.42 bits per heavy atom. The molecule has 0 saturated carbocycles. The molecule has 2 aromatic rings. The van der Waals surface area contributed by atoms with E-state index in [9.17, 15) is 4.79 Å².